The number of methoxy groups -OCH3 is 1. The van der Waals surface area contributed by atoms with Crippen molar-refractivity contribution in [3.05, 3.63) is 58.4 Å². The number of benzene rings is 1. The molecule has 1 atom stereocenters. The van der Waals surface area contributed by atoms with Gasteiger partial charge in [-0.3, -0.25) is 4.98 Å². The molecule has 4 aliphatic carbocycles. The molecule has 1 aliphatic heterocycles. The number of hydrogen-bond donors (Lipinski definition) is 1. The van der Waals surface area contributed by atoms with E-state index in [2.05, 4.69) is 4.98 Å². The molecule has 1 N–H and O–H groups in total. The van der Waals surface area contributed by atoms with Gasteiger partial charge in [-0.2, -0.15) is 4.89 Å². The SMILES string of the molecule is COC1(c2ccc(/C=C/c3ccncc3)c(O)c2Cl)OOC12C1CC3CC(C1)CC2C3. The summed E-state index contributed by atoms with van der Waals surface area (Å²) < 4.78 is 6.08. The molecule has 1 aromatic heterocycles. The molecule has 4 saturated carbocycles. The summed E-state index contributed by atoms with van der Waals surface area (Å²) in [4.78, 5) is 15.8. The fourth-order valence-corrected chi connectivity index (χ4v) is 7.26. The lowest BCUT2D eigenvalue weighted by atomic mass is 9.47. The lowest BCUT2D eigenvalue weighted by Gasteiger charge is -2.68. The molecule has 5 fully saturated rings. The molecule has 0 radical (unpaired) electrons. The van der Waals surface area contributed by atoms with Crippen molar-refractivity contribution in [1.82, 2.24) is 4.98 Å². The van der Waals surface area contributed by atoms with Gasteiger partial charge in [0.05, 0.1) is 5.02 Å². The van der Waals surface area contributed by atoms with Gasteiger partial charge < -0.3 is 9.84 Å². The van der Waals surface area contributed by atoms with Crippen LogP contribution in [0.25, 0.3) is 12.2 Å². The number of halogens is 1. The van der Waals surface area contributed by atoms with Crippen molar-refractivity contribution < 1.29 is 19.6 Å². The van der Waals surface area contributed by atoms with Crippen molar-refractivity contribution in [3.8, 4) is 5.75 Å². The second kappa shape index (κ2) is 7.04. The van der Waals surface area contributed by atoms with Crippen LogP contribution in [0, 0.1) is 23.7 Å². The third kappa shape index (κ3) is 2.64. The summed E-state index contributed by atoms with van der Waals surface area (Å²) in [5.41, 5.74) is 1.75. The number of nitrogens with zero attached hydrogens (tertiary/aromatic N) is 1. The Hall–Kier alpha value is -1.92. The van der Waals surface area contributed by atoms with Gasteiger partial charge in [0.2, 0.25) is 0 Å². The normalized spacial score (nSPS) is 38.1. The van der Waals surface area contributed by atoms with E-state index in [9.17, 15) is 5.11 Å². The predicted octanol–water partition coefficient (Wildman–Crippen LogP) is 5.57. The van der Waals surface area contributed by atoms with Crippen LogP contribution in [0.3, 0.4) is 0 Å². The number of rotatable bonds is 4. The summed E-state index contributed by atoms with van der Waals surface area (Å²) >= 11 is 6.74. The zero-order valence-electron chi connectivity index (χ0n) is 17.5. The van der Waals surface area contributed by atoms with Gasteiger partial charge >= 0.3 is 0 Å². The fraction of sp³-hybridized carbons (Fsp3) is 0.480. The summed E-state index contributed by atoms with van der Waals surface area (Å²) in [6, 6.07) is 7.58. The zero-order chi connectivity index (χ0) is 21.2. The minimum atomic E-state index is -1.09. The van der Waals surface area contributed by atoms with E-state index < -0.39 is 11.4 Å². The van der Waals surface area contributed by atoms with E-state index in [1.165, 1.54) is 6.42 Å². The summed E-state index contributed by atoms with van der Waals surface area (Å²) in [6.07, 6.45) is 13.2. The van der Waals surface area contributed by atoms with Crippen molar-refractivity contribution >= 4 is 23.8 Å². The van der Waals surface area contributed by atoms with Crippen molar-refractivity contribution in [2.24, 2.45) is 23.7 Å². The molecule has 1 unspecified atom stereocenters. The van der Waals surface area contributed by atoms with Crippen LogP contribution in [0.2, 0.25) is 5.02 Å². The molecule has 1 aromatic carbocycles. The van der Waals surface area contributed by atoms with Gasteiger partial charge in [-0.25, -0.2) is 4.89 Å². The average molecular weight is 440 g/mol. The third-order valence-electron chi connectivity index (χ3n) is 8.11. The number of ether oxygens (including phenoxy) is 1. The van der Waals surface area contributed by atoms with Crippen LogP contribution in [0.5, 0.6) is 5.75 Å². The second-order valence-corrected chi connectivity index (χ2v) is 9.94. The first-order valence-electron chi connectivity index (χ1n) is 11.1. The van der Waals surface area contributed by atoms with Gasteiger partial charge in [-0.15, -0.1) is 0 Å². The maximum Gasteiger partial charge on any atom is 0.262 e. The molecule has 0 amide bonds. The second-order valence-electron chi connectivity index (χ2n) is 9.56. The first-order valence-corrected chi connectivity index (χ1v) is 11.5. The smallest absolute Gasteiger partial charge is 0.262 e. The van der Waals surface area contributed by atoms with E-state index in [1.807, 2.05) is 36.4 Å². The minimum absolute atomic E-state index is 0.0235. The van der Waals surface area contributed by atoms with E-state index in [0.29, 0.717) is 23.0 Å². The molecule has 4 bridgehead atoms. The van der Waals surface area contributed by atoms with E-state index >= 15 is 0 Å². The van der Waals surface area contributed by atoms with Crippen LogP contribution in [0.1, 0.15) is 48.8 Å². The lowest BCUT2D eigenvalue weighted by Crippen LogP contribution is -2.76. The largest absolute Gasteiger partial charge is 0.506 e. The molecular formula is C25H26ClNO4. The molecule has 6 heteroatoms. The highest BCUT2D eigenvalue weighted by Gasteiger charge is 2.77. The maximum atomic E-state index is 10.9. The molecule has 2 heterocycles. The minimum Gasteiger partial charge on any atom is -0.506 e. The molecule has 31 heavy (non-hydrogen) atoms. The lowest BCUT2D eigenvalue weighted by molar-refractivity contribution is -0.645. The molecule has 7 rings (SSSR count). The van der Waals surface area contributed by atoms with Crippen LogP contribution in [-0.4, -0.2) is 22.8 Å². The monoisotopic (exact) mass is 439 g/mol. The van der Waals surface area contributed by atoms with E-state index in [0.717, 1.165) is 43.1 Å². The quantitative estimate of drug-likeness (QED) is 0.631. The Morgan fingerprint density at radius 2 is 1.68 bits per heavy atom. The van der Waals surface area contributed by atoms with E-state index in [4.69, 9.17) is 26.1 Å². The summed E-state index contributed by atoms with van der Waals surface area (Å²) in [5.74, 6) is 1.30. The Morgan fingerprint density at radius 3 is 2.26 bits per heavy atom. The van der Waals surface area contributed by atoms with Gasteiger partial charge in [-0.1, -0.05) is 35.9 Å². The van der Waals surface area contributed by atoms with Gasteiger partial charge in [-0.05, 0) is 73.5 Å². The predicted molar refractivity (Wildman–Crippen MR) is 117 cm³/mol. The summed E-state index contributed by atoms with van der Waals surface area (Å²) in [7, 11) is 1.65. The van der Waals surface area contributed by atoms with Gasteiger partial charge in [0.25, 0.3) is 5.79 Å². The molecule has 2 aromatic rings. The Balaban J connectivity index is 1.38. The first-order chi connectivity index (χ1) is 15.1. The van der Waals surface area contributed by atoms with Gasteiger partial charge in [0.15, 0.2) is 5.60 Å². The highest BCUT2D eigenvalue weighted by Crippen LogP contribution is 2.70. The van der Waals surface area contributed by atoms with Gasteiger partial charge in [0.1, 0.15) is 5.75 Å². The Kier molecular flexibility index (Phi) is 4.48. The molecule has 5 aliphatic rings. The number of aromatic hydroxyl groups is 1. The molecule has 162 valence electrons. The summed E-state index contributed by atoms with van der Waals surface area (Å²) in [5, 5.41) is 11.2. The molecular weight excluding hydrogens is 414 g/mol. The molecule has 5 nitrogen and oxygen atoms in total. The summed E-state index contributed by atoms with van der Waals surface area (Å²) in [6.45, 7) is 0. The van der Waals surface area contributed by atoms with Crippen LogP contribution >= 0.6 is 11.6 Å². The maximum absolute atomic E-state index is 10.9. The topological polar surface area (TPSA) is 60.8 Å². The van der Waals surface area contributed by atoms with Crippen molar-refractivity contribution in [1.29, 1.82) is 0 Å². The number of aromatic nitrogens is 1. The van der Waals surface area contributed by atoms with E-state index in [1.54, 1.807) is 19.5 Å². The number of phenols is 1. The standard InChI is InChI=1S/C25H26ClNO4/c1-29-25(24(30-31-25)19-11-16-10-17(13-19)14-20(24)12-16)21-5-4-18(23(28)22(21)26)3-2-15-6-8-27-9-7-15/h2-9,16-17,19-20,28H,10-14H2,1H3/b3-2+. The van der Waals surface area contributed by atoms with Crippen molar-refractivity contribution in [3.63, 3.8) is 0 Å². The molecule has 1 saturated heterocycles. The van der Waals surface area contributed by atoms with Crippen LogP contribution in [0.15, 0.2) is 36.7 Å². The fourth-order valence-electron chi connectivity index (χ4n) is 6.96. The number of pyridine rings is 1. The van der Waals surface area contributed by atoms with Crippen molar-refractivity contribution in [2.75, 3.05) is 7.11 Å². The number of phenolic OH excluding ortho intramolecular Hbond substituents is 1. The first kappa shape index (κ1) is 19.7. The highest BCUT2D eigenvalue weighted by molar-refractivity contribution is 6.33. The number of hydrogen-bond acceptors (Lipinski definition) is 5. The van der Waals surface area contributed by atoms with Crippen LogP contribution in [0.4, 0.5) is 0 Å². The molecule has 1 spiro atoms. The Labute approximate surface area is 186 Å². The van der Waals surface area contributed by atoms with Crippen molar-refractivity contribution in [2.45, 2.75) is 43.5 Å². The van der Waals surface area contributed by atoms with Crippen LogP contribution in [-0.2, 0) is 20.3 Å². The van der Waals surface area contributed by atoms with Crippen LogP contribution < -0.4 is 0 Å². The van der Waals surface area contributed by atoms with E-state index in [-0.39, 0.29) is 10.8 Å². The highest BCUT2D eigenvalue weighted by atomic mass is 35.5. The zero-order valence-corrected chi connectivity index (χ0v) is 18.2. The Morgan fingerprint density at radius 1 is 1.00 bits per heavy atom. The Bertz CT molecular complexity index is 1010. The third-order valence-corrected chi connectivity index (χ3v) is 8.50. The average Bonchev–Trinajstić information content (AvgIpc) is 2.76. The van der Waals surface area contributed by atoms with Gasteiger partial charge in [0, 0.05) is 30.6 Å².